The van der Waals surface area contributed by atoms with Gasteiger partial charge in [0.05, 0.1) is 13.5 Å². The van der Waals surface area contributed by atoms with Gasteiger partial charge in [-0.25, -0.2) is 0 Å². The van der Waals surface area contributed by atoms with E-state index in [9.17, 15) is 9.59 Å². The topological polar surface area (TPSA) is 55.4 Å². The van der Waals surface area contributed by atoms with Crippen LogP contribution in [0.25, 0.3) is 11.1 Å². The minimum atomic E-state index is -0.356. The Morgan fingerprint density at radius 1 is 0.962 bits per heavy atom. The molecule has 0 fully saturated rings. The summed E-state index contributed by atoms with van der Waals surface area (Å²) in [7, 11) is 1.35. The zero-order valence-corrected chi connectivity index (χ0v) is 15.7. The maximum absolute atomic E-state index is 12.5. The van der Waals surface area contributed by atoms with Crippen molar-refractivity contribution in [3.63, 3.8) is 0 Å². The zero-order valence-electron chi connectivity index (χ0n) is 15.7. The first kappa shape index (κ1) is 19.7. The molecule has 0 heterocycles. The van der Waals surface area contributed by atoms with E-state index < -0.39 is 0 Å². The first-order chi connectivity index (χ1) is 12.5. The standard InChI is InChI=1S/C22H27NO3/c1-16(2)13-20(14-21(24)26-3)22(25)23-15-17-9-11-19(12-10-17)18-7-5-4-6-8-18/h4-12,16,20H,13-15H2,1-3H3,(H,23,25)/t20-/m1/s1. The molecule has 26 heavy (non-hydrogen) atoms. The van der Waals surface area contributed by atoms with Crippen molar-refractivity contribution in [2.24, 2.45) is 11.8 Å². The van der Waals surface area contributed by atoms with Crippen molar-refractivity contribution in [2.75, 3.05) is 7.11 Å². The van der Waals surface area contributed by atoms with Crippen LogP contribution in [0.15, 0.2) is 54.6 Å². The lowest BCUT2D eigenvalue weighted by atomic mass is 9.93. The highest BCUT2D eigenvalue weighted by Gasteiger charge is 2.23. The maximum atomic E-state index is 12.5. The van der Waals surface area contributed by atoms with E-state index >= 15 is 0 Å². The molecule has 2 aromatic carbocycles. The molecular formula is C22H27NO3. The second kappa shape index (κ2) is 9.76. The van der Waals surface area contributed by atoms with Gasteiger partial charge in [-0.3, -0.25) is 9.59 Å². The Labute approximate surface area is 155 Å². The van der Waals surface area contributed by atoms with Crippen molar-refractivity contribution < 1.29 is 14.3 Å². The third kappa shape index (κ3) is 6.03. The fraction of sp³-hybridized carbons (Fsp3) is 0.364. The molecule has 0 aliphatic heterocycles. The first-order valence-electron chi connectivity index (χ1n) is 8.98. The van der Waals surface area contributed by atoms with Gasteiger partial charge in [0.2, 0.25) is 5.91 Å². The number of amides is 1. The number of carbonyl (C=O) groups is 2. The molecule has 0 spiro atoms. The quantitative estimate of drug-likeness (QED) is 0.724. The van der Waals surface area contributed by atoms with E-state index in [0.29, 0.717) is 18.9 Å². The molecule has 2 rings (SSSR count). The van der Waals surface area contributed by atoms with Crippen molar-refractivity contribution in [3.05, 3.63) is 60.2 Å². The van der Waals surface area contributed by atoms with Crippen molar-refractivity contribution in [1.82, 2.24) is 5.32 Å². The Morgan fingerprint density at radius 2 is 1.58 bits per heavy atom. The monoisotopic (exact) mass is 353 g/mol. The summed E-state index contributed by atoms with van der Waals surface area (Å²) in [5, 5.41) is 2.95. The molecule has 0 saturated carbocycles. The van der Waals surface area contributed by atoms with Gasteiger partial charge in [-0.2, -0.15) is 0 Å². The van der Waals surface area contributed by atoms with Crippen LogP contribution in [-0.4, -0.2) is 19.0 Å². The summed E-state index contributed by atoms with van der Waals surface area (Å²) in [4.78, 5) is 24.0. The lowest BCUT2D eigenvalue weighted by molar-refractivity contribution is -0.144. The van der Waals surface area contributed by atoms with Gasteiger partial charge in [0.25, 0.3) is 0 Å². The van der Waals surface area contributed by atoms with Gasteiger partial charge in [-0.1, -0.05) is 68.4 Å². The van der Waals surface area contributed by atoms with Crippen LogP contribution in [0.2, 0.25) is 0 Å². The smallest absolute Gasteiger partial charge is 0.306 e. The summed E-state index contributed by atoms with van der Waals surface area (Å²) in [6.07, 6.45) is 0.779. The summed E-state index contributed by atoms with van der Waals surface area (Å²) in [5.41, 5.74) is 3.33. The average molecular weight is 353 g/mol. The van der Waals surface area contributed by atoms with Crippen LogP contribution in [0.4, 0.5) is 0 Å². The van der Waals surface area contributed by atoms with Crippen LogP contribution in [0.3, 0.4) is 0 Å². The summed E-state index contributed by atoms with van der Waals surface area (Å²) >= 11 is 0. The van der Waals surface area contributed by atoms with E-state index in [1.54, 1.807) is 0 Å². The predicted molar refractivity (Wildman–Crippen MR) is 103 cm³/mol. The molecular weight excluding hydrogens is 326 g/mol. The number of hydrogen-bond acceptors (Lipinski definition) is 3. The molecule has 0 aromatic heterocycles. The minimum absolute atomic E-state index is 0.101. The number of rotatable bonds is 8. The van der Waals surface area contributed by atoms with Crippen molar-refractivity contribution in [3.8, 4) is 11.1 Å². The van der Waals surface area contributed by atoms with Crippen molar-refractivity contribution in [1.29, 1.82) is 0 Å². The number of nitrogens with one attached hydrogen (secondary N) is 1. The fourth-order valence-corrected chi connectivity index (χ4v) is 2.92. The van der Waals surface area contributed by atoms with Gasteiger partial charge < -0.3 is 10.1 Å². The summed E-state index contributed by atoms with van der Waals surface area (Å²) in [6.45, 7) is 4.53. The second-order valence-corrected chi connectivity index (χ2v) is 6.89. The Morgan fingerprint density at radius 3 is 2.15 bits per heavy atom. The molecule has 0 aliphatic rings. The van der Waals surface area contributed by atoms with Crippen molar-refractivity contribution >= 4 is 11.9 Å². The van der Waals surface area contributed by atoms with E-state index in [1.807, 2.05) is 44.2 Å². The van der Waals surface area contributed by atoms with Crippen LogP contribution in [0.1, 0.15) is 32.3 Å². The van der Waals surface area contributed by atoms with E-state index in [0.717, 1.165) is 16.7 Å². The molecule has 0 bridgehead atoms. The summed E-state index contributed by atoms with van der Waals surface area (Å²) < 4.78 is 4.71. The second-order valence-electron chi connectivity index (χ2n) is 6.89. The van der Waals surface area contributed by atoms with E-state index in [2.05, 4.69) is 29.6 Å². The SMILES string of the molecule is COC(=O)C[C@@H](CC(C)C)C(=O)NCc1ccc(-c2ccccc2)cc1. The average Bonchev–Trinajstić information content (AvgIpc) is 2.66. The normalized spacial score (nSPS) is 11.8. The lowest BCUT2D eigenvalue weighted by Crippen LogP contribution is -2.32. The van der Waals surface area contributed by atoms with Crippen molar-refractivity contribution in [2.45, 2.75) is 33.2 Å². The number of esters is 1. The number of ether oxygens (including phenoxy) is 1. The highest BCUT2D eigenvalue weighted by atomic mass is 16.5. The highest BCUT2D eigenvalue weighted by Crippen LogP contribution is 2.20. The molecule has 1 amide bonds. The van der Waals surface area contributed by atoms with Crippen LogP contribution in [0, 0.1) is 11.8 Å². The molecule has 1 atom stereocenters. The van der Waals surface area contributed by atoms with E-state index in [4.69, 9.17) is 4.74 Å². The number of hydrogen-bond donors (Lipinski definition) is 1. The van der Waals surface area contributed by atoms with Crippen LogP contribution < -0.4 is 5.32 Å². The van der Waals surface area contributed by atoms with Gasteiger partial charge in [0.1, 0.15) is 0 Å². The number of benzene rings is 2. The van der Waals surface area contributed by atoms with Crippen LogP contribution in [0.5, 0.6) is 0 Å². The Kier molecular flexibility index (Phi) is 7.39. The fourth-order valence-electron chi connectivity index (χ4n) is 2.92. The Hall–Kier alpha value is -2.62. The van der Waals surface area contributed by atoms with Gasteiger partial charge in [0, 0.05) is 12.5 Å². The summed E-state index contributed by atoms with van der Waals surface area (Å²) in [6, 6.07) is 18.3. The van der Waals surface area contributed by atoms with Crippen LogP contribution >= 0.6 is 0 Å². The summed E-state index contributed by atoms with van der Waals surface area (Å²) in [5.74, 6) is -0.471. The number of methoxy groups -OCH3 is 1. The van der Waals surface area contributed by atoms with E-state index in [-0.39, 0.29) is 24.2 Å². The lowest BCUT2D eigenvalue weighted by Gasteiger charge is -2.17. The molecule has 2 aromatic rings. The van der Waals surface area contributed by atoms with Gasteiger partial charge in [0.15, 0.2) is 0 Å². The highest BCUT2D eigenvalue weighted by molar-refractivity contribution is 5.83. The molecule has 0 saturated heterocycles. The molecule has 4 nitrogen and oxygen atoms in total. The maximum Gasteiger partial charge on any atom is 0.306 e. The molecule has 138 valence electrons. The van der Waals surface area contributed by atoms with Gasteiger partial charge >= 0.3 is 5.97 Å². The largest absolute Gasteiger partial charge is 0.469 e. The molecule has 0 radical (unpaired) electrons. The minimum Gasteiger partial charge on any atom is -0.469 e. The first-order valence-corrected chi connectivity index (χ1v) is 8.98. The Bertz CT molecular complexity index is 708. The molecule has 0 unspecified atom stereocenters. The predicted octanol–water partition coefficient (Wildman–Crippen LogP) is 4.20. The van der Waals surface area contributed by atoms with E-state index in [1.165, 1.54) is 7.11 Å². The third-order valence-electron chi connectivity index (χ3n) is 4.30. The zero-order chi connectivity index (χ0) is 18.9. The molecule has 4 heteroatoms. The van der Waals surface area contributed by atoms with Gasteiger partial charge in [-0.15, -0.1) is 0 Å². The number of carbonyl (C=O) groups excluding carboxylic acids is 2. The Balaban J connectivity index is 1.95. The molecule has 1 N–H and O–H groups in total. The third-order valence-corrected chi connectivity index (χ3v) is 4.30. The van der Waals surface area contributed by atoms with Crippen LogP contribution in [-0.2, 0) is 20.9 Å². The molecule has 0 aliphatic carbocycles. The van der Waals surface area contributed by atoms with Gasteiger partial charge in [-0.05, 0) is 29.0 Å².